The van der Waals surface area contributed by atoms with Crippen molar-refractivity contribution in [3.63, 3.8) is 0 Å². The molecule has 1 unspecified atom stereocenters. The molecule has 1 atom stereocenters. The number of nitrogens with one attached hydrogen (secondary N) is 2. The molecule has 4 nitrogen and oxygen atoms in total. The second kappa shape index (κ2) is 4.47. The highest BCUT2D eigenvalue weighted by Gasteiger charge is 2.24. The van der Waals surface area contributed by atoms with E-state index >= 15 is 0 Å². The van der Waals surface area contributed by atoms with Crippen LogP contribution in [0.15, 0.2) is 24.7 Å². The Labute approximate surface area is 100 Å². The minimum Gasteiger partial charge on any atom is -0.388 e. The zero-order valence-corrected chi connectivity index (χ0v) is 9.69. The van der Waals surface area contributed by atoms with Crippen molar-refractivity contribution in [2.24, 2.45) is 5.92 Å². The Morgan fingerprint density at radius 3 is 3.00 bits per heavy atom. The van der Waals surface area contributed by atoms with Crippen molar-refractivity contribution in [2.75, 3.05) is 13.1 Å². The average Bonchev–Trinajstić information content (AvgIpc) is 2.83. The number of aliphatic hydroxyl groups is 1. The van der Waals surface area contributed by atoms with Gasteiger partial charge in [-0.25, -0.2) is 0 Å². The van der Waals surface area contributed by atoms with E-state index in [2.05, 4.69) is 15.3 Å². The van der Waals surface area contributed by atoms with Crippen molar-refractivity contribution in [3.8, 4) is 0 Å². The molecule has 1 fully saturated rings. The standard InChI is InChI=1S/C13H17N3O/c17-13(9-1-4-14-5-2-9)11-8-16-12-3-6-15-7-10(11)12/h3,6-9,13-14,16-17H,1-2,4-5H2. The van der Waals surface area contributed by atoms with E-state index in [-0.39, 0.29) is 6.10 Å². The Balaban J connectivity index is 1.92. The highest BCUT2D eigenvalue weighted by molar-refractivity contribution is 5.82. The largest absolute Gasteiger partial charge is 0.388 e. The number of hydrogen-bond donors (Lipinski definition) is 3. The van der Waals surface area contributed by atoms with Crippen LogP contribution < -0.4 is 5.32 Å². The van der Waals surface area contributed by atoms with Crippen molar-refractivity contribution < 1.29 is 5.11 Å². The number of piperidine rings is 1. The van der Waals surface area contributed by atoms with Gasteiger partial charge in [-0.15, -0.1) is 0 Å². The highest BCUT2D eigenvalue weighted by atomic mass is 16.3. The molecule has 3 heterocycles. The van der Waals surface area contributed by atoms with Gasteiger partial charge < -0.3 is 15.4 Å². The molecule has 0 bridgehead atoms. The molecule has 0 aromatic carbocycles. The van der Waals surface area contributed by atoms with Crippen molar-refractivity contribution >= 4 is 10.9 Å². The number of aromatic nitrogens is 2. The summed E-state index contributed by atoms with van der Waals surface area (Å²) >= 11 is 0. The summed E-state index contributed by atoms with van der Waals surface area (Å²) in [5.41, 5.74) is 2.03. The lowest BCUT2D eigenvalue weighted by Crippen LogP contribution is -2.30. The van der Waals surface area contributed by atoms with Gasteiger partial charge in [0.1, 0.15) is 0 Å². The summed E-state index contributed by atoms with van der Waals surface area (Å²) in [6.45, 7) is 2.00. The first-order chi connectivity index (χ1) is 8.36. The van der Waals surface area contributed by atoms with Gasteiger partial charge in [0.25, 0.3) is 0 Å². The number of rotatable bonds is 2. The van der Waals surface area contributed by atoms with E-state index < -0.39 is 0 Å². The Morgan fingerprint density at radius 2 is 2.18 bits per heavy atom. The van der Waals surface area contributed by atoms with Gasteiger partial charge in [-0.1, -0.05) is 0 Å². The maximum atomic E-state index is 10.5. The SMILES string of the molecule is OC(c1c[nH]c2ccncc12)C1CCNCC1. The predicted molar refractivity (Wildman–Crippen MR) is 66.6 cm³/mol. The third-order valence-electron chi connectivity index (χ3n) is 3.66. The maximum Gasteiger partial charge on any atom is 0.0840 e. The topological polar surface area (TPSA) is 60.9 Å². The average molecular weight is 231 g/mol. The van der Waals surface area contributed by atoms with E-state index in [1.165, 1.54) is 0 Å². The van der Waals surface area contributed by atoms with Gasteiger partial charge in [-0.05, 0) is 37.9 Å². The summed E-state index contributed by atoms with van der Waals surface area (Å²) in [6.07, 6.45) is 7.20. The highest BCUT2D eigenvalue weighted by Crippen LogP contribution is 2.32. The molecule has 2 aromatic heterocycles. The summed E-state index contributed by atoms with van der Waals surface area (Å²) in [5, 5.41) is 14.8. The lowest BCUT2D eigenvalue weighted by molar-refractivity contribution is 0.0902. The van der Waals surface area contributed by atoms with Crippen LogP contribution in [0, 0.1) is 5.92 Å². The molecule has 1 saturated heterocycles. The summed E-state index contributed by atoms with van der Waals surface area (Å²) in [7, 11) is 0. The number of aliphatic hydroxyl groups excluding tert-OH is 1. The normalized spacial score (nSPS) is 19.6. The van der Waals surface area contributed by atoms with Crippen molar-refractivity contribution in [2.45, 2.75) is 18.9 Å². The van der Waals surface area contributed by atoms with Gasteiger partial charge in [-0.2, -0.15) is 0 Å². The van der Waals surface area contributed by atoms with Gasteiger partial charge in [0.2, 0.25) is 0 Å². The molecule has 0 radical (unpaired) electrons. The van der Waals surface area contributed by atoms with Gasteiger partial charge in [0, 0.05) is 35.1 Å². The van der Waals surface area contributed by atoms with Crippen LogP contribution in [0.25, 0.3) is 10.9 Å². The van der Waals surface area contributed by atoms with E-state index in [0.717, 1.165) is 42.4 Å². The minimum absolute atomic E-state index is 0.357. The Morgan fingerprint density at radius 1 is 1.35 bits per heavy atom. The number of nitrogens with zero attached hydrogens (tertiary/aromatic N) is 1. The Kier molecular flexibility index (Phi) is 2.82. The van der Waals surface area contributed by atoms with Crippen LogP contribution in [-0.4, -0.2) is 28.2 Å². The van der Waals surface area contributed by atoms with Gasteiger partial charge in [-0.3, -0.25) is 4.98 Å². The van der Waals surface area contributed by atoms with Gasteiger partial charge in [0.05, 0.1) is 6.10 Å². The molecule has 0 saturated carbocycles. The third kappa shape index (κ3) is 1.94. The first-order valence-electron chi connectivity index (χ1n) is 6.16. The molecular formula is C13H17N3O. The quantitative estimate of drug-likeness (QED) is 0.735. The van der Waals surface area contributed by atoms with E-state index in [1.54, 1.807) is 6.20 Å². The molecule has 0 amide bonds. The molecule has 2 aromatic rings. The van der Waals surface area contributed by atoms with Gasteiger partial charge in [0.15, 0.2) is 0 Å². The van der Waals surface area contributed by atoms with E-state index in [4.69, 9.17) is 0 Å². The van der Waals surface area contributed by atoms with E-state index in [0.29, 0.717) is 5.92 Å². The monoisotopic (exact) mass is 231 g/mol. The molecule has 4 heteroatoms. The Hall–Kier alpha value is -1.39. The van der Waals surface area contributed by atoms with E-state index in [9.17, 15) is 5.11 Å². The van der Waals surface area contributed by atoms with Crippen molar-refractivity contribution in [3.05, 3.63) is 30.2 Å². The molecule has 0 spiro atoms. The molecule has 1 aliphatic heterocycles. The lowest BCUT2D eigenvalue weighted by Gasteiger charge is -2.27. The third-order valence-corrected chi connectivity index (χ3v) is 3.66. The first kappa shape index (κ1) is 10.7. The molecule has 1 aliphatic rings. The number of fused-ring (bicyclic) bond motifs is 1. The van der Waals surface area contributed by atoms with Crippen LogP contribution >= 0.6 is 0 Å². The number of pyridine rings is 1. The second-order valence-corrected chi connectivity index (χ2v) is 4.70. The summed E-state index contributed by atoms with van der Waals surface area (Å²) in [6, 6.07) is 1.94. The summed E-state index contributed by atoms with van der Waals surface area (Å²) < 4.78 is 0. The zero-order valence-electron chi connectivity index (χ0n) is 9.69. The summed E-state index contributed by atoms with van der Waals surface area (Å²) in [4.78, 5) is 7.32. The molecule has 90 valence electrons. The first-order valence-corrected chi connectivity index (χ1v) is 6.16. The fourth-order valence-corrected chi connectivity index (χ4v) is 2.64. The van der Waals surface area contributed by atoms with Crippen LogP contribution in [0.5, 0.6) is 0 Å². The maximum absolute atomic E-state index is 10.5. The smallest absolute Gasteiger partial charge is 0.0840 e. The van der Waals surface area contributed by atoms with Crippen LogP contribution in [0.4, 0.5) is 0 Å². The zero-order chi connectivity index (χ0) is 11.7. The number of H-pyrrole nitrogens is 1. The Bertz CT molecular complexity index is 502. The van der Waals surface area contributed by atoms with E-state index in [1.807, 2.05) is 18.5 Å². The molecule has 3 rings (SSSR count). The molecular weight excluding hydrogens is 214 g/mol. The van der Waals surface area contributed by atoms with Crippen LogP contribution in [0.3, 0.4) is 0 Å². The molecule has 0 aliphatic carbocycles. The second-order valence-electron chi connectivity index (χ2n) is 4.70. The molecule has 3 N–H and O–H groups in total. The fraction of sp³-hybridized carbons (Fsp3) is 0.462. The van der Waals surface area contributed by atoms with Crippen LogP contribution in [0.2, 0.25) is 0 Å². The van der Waals surface area contributed by atoms with Crippen LogP contribution in [-0.2, 0) is 0 Å². The van der Waals surface area contributed by atoms with Gasteiger partial charge >= 0.3 is 0 Å². The predicted octanol–water partition coefficient (Wildman–Crippen LogP) is 1.60. The van der Waals surface area contributed by atoms with Crippen LogP contribution in [0.1, 0.15) is 24.5 Å². The lowest BCUT2D eigenvalue weighted by atomic mass is 9.88. The summed E-state index contributed by atoms with van der Waals surface area (Å²) in [5.74, 6) is 0.357. The number of hydrogen-bond acceptors (Lipinski definition) is 3. The number of aromatic amines is 1. The van der Waals surface area contributed by atoms with Crippen molar-refractivity contribution in [1.29, 1.82) is 0 Å². The fourth-order valence-electron chi connectivity index (χ4n) is 2.64. The van der Waals surface area contributed by atoms with Crippen molar-refractivity contribution in [1.82, 2.24) is 15.3 Å². The molecule has 17 heavy (non-hydrogen) atoms. The minimum atomic E-state index is -0.380.